The summed E-state index contributed by atoms with van der Waals surface area (Å²) in [7, 11) is 0. The van der Waals surface area contributed by atoms with Crippen LogP contribution in [0, 0.1) is 5.82 Å². The Morgan fingerprint density at radius 1 is 1.46 bits per heavy atom. The maximum atomic E-state index is 13.1. The molecule has 0 saturated heterocycles. The summed E-state index contributed by atoms with van der Waals surface area (Å²) >= 11 is 0. The minimum absolute atomic E-state index is 0.183. The smallest absolute Gasteiger partial charge is 0.127 e. The summed E-state index contributed by atoms with van der Waals surface area (Å²) in [4.78, 5) is 0. The van der Waals surface area contributed by atoms with E-state index in [1.165, 1.54) is 11.6 Å². The number of benzene rings is 1. The largest absolute Gasteiger partial charge is 0.493 e. The van der Waals surface area contributed by atoms with Crippen molar-refractivity contribution in [1.82, 2.24) is 0 Å². The van der Waals surface area contributed by atoms with Gasteiger partial charge in [0.2, 0.25) is 0 Å². The molecule has 0 aromatic heterocycles. The van der Waals surface area contributed by atoms with Crippen LogP contribution in [0.3, 0.4) is 0 Å². The van der Waals surface area contributed by atoms with E-state index in [2.05, 4.69) is 0 Å². The van der Waals surface area contributed by atoms with Gasteiger partial charge in [-0.25, -0.2) is 4.39 Å². The van der Waals surface area contributed by atoms with Crippen molar-refractivity contribution in [2.24, 2.45) is 0 Å². The minimum Gasteiger partial charge on any atom is -0.493 e. The van der Waals surface area contributed by atoms with Crippen LogP contribution >= 0.6 is 0 Å². The van der Waals surface area contributed by atoms with Crippen molar-refractivity contribution in [2.75, 3.05) is 6.61 Å². The van der Waals surface area contributed by atoms with E-state index in [1.54, 1.807) is 6.07 Å². The second-order valence-electron chi connectivity index (χ2n) is 3.35. The quantitative estimate of drug-likeness (QED) is 0.645. The lowest BCUT2D eigenvalue weighted by Crippen LogP contribution is -2.10. The monoisotopic (exact) mass is 180 g/mol. The van der Waals surface area contributed by atoms with Gasteiger partial charge in [0.1, 0.15) is 11.6 Å². The first-order valence-electron chi connectivity index (χ1n) is 4.75. The lowest BCUT2D eigenvalue weighted by Gasteiger charge is -2.19. The molecule has 1 aromatic rings. The lowest BCUT2D eigenvalue weighted by molar-refractivity contribution is 0.286. The second-order valence-corrected chi connectivity index (χ2v) is 3.35. The van der Waals surface area contributed by atoms with E-state index >= 15 is 0 Å². The maximum Gasteiger partial charge on any atom is 0.127 e. The van der Waals surface area contributed by atoms with Crippen molar-refractivity contribution in [2.45, 2.75) is 26.2 Å². The van der Waals surface area contributed by atoms with Crippen molar-refractivity contribution in [3.8, 4) is 5.75 Å². The Labute approximate surface area is 77.5 Å². The summed E-state index contributed by atoms with van der Waals surface area (Å²) in [6.45, 7) is 2.77. The SMILES string of the molecule is CCc1cc(F)cc2c1CCCO2. The fraction of sp³-hybridized carbons (Fsp3) is 0.455. The minimum atomic E-state index is -0.183. The molecule has 0 fully saturated rings. The van der Waals surface area contributed by atoms with E-state index in [9.17, 15) is 4.39 Å². The molecule has 1 aliphatic heterocycles. The van der Waals surface area contributed by atoms with Crippen molar-refractivity contribution in [3.05, 3.63) is 29.1 Å². The molecule has 0 spiro atoms. The fourth-order valence-electron chi connectivity index (χ4n) is 1.82. The van der Waals surface area contributed by atoms with E-state index in [0.29, 0.717) is 0 Å². The molecule has 13 heavy (non-hydrogen) atoms. The molecule has 0 bridgehead atoms. The third-order valence-corrected chi connectivity index (χ3v) is 2.48. The van der Waals surface area contributed by atoms with Gasteiger partial charge in [-0.3, -0.25) is 0 Å². The van der Waals surface area contributed by atoms with Crippen LogP contribution in [0.25, 0.3) is 0 Å². The van der Waals surface area contributed by atoms with Gasteiger partial charge in [0.05, 0.1) is 6.61 Å². The molecule has 0 atom stereocenters. The highest BCUT2D eigenvalue weighted by molar-refractivity contribution is 5.42. The molecule has 70 valence electrons. The van der Waals surface area contributed by atoms with Crippen molar-refractivity contribution >= 4 is 0 Å². The Kier molecular flexibility index (Phi) is 2.21. The van der Waals surface area contributed by atoms with Gasteiger partial charge in [0.25, 0.3) is 0 Å². The van der Waals surface area contributed by atoms with Gasteiger partial charge in [-0.15, -0.1) is 0 Å². The van der Waals surface area contributed by atoms with Gasteiger partial charge in [-0.05, 0) is 36.5 Å². The number of ether oxygens (including phenoxy) is 1. The van der Waals surface area contributed by atoms with Crippen molar-refractivity contribution < 1.29 is 9.13 Å². The molecule has 1 aliphatic rings. The Hall–Kier alpha value is -1.05. The summed E-state index contributed by atoms with van der Waals surface area (Å²) in [5, 5.41) is 0. The highest BCUT2D eigenvalue weighted by Gasteiger charge is 2.14. The first kappa shape index (κ1) is 8.54. The van der Waals surface area contributed by atoms with E-state index in [4.69, 9.17) is 4.74 Å². The summed E-state index contributed by atoms with van der Waals surface area (Å²) in [6, 6.07) is 3.11. The summed E-state index contributed by atoms with van der Waals surface area (Å²) in [5.41, 5.74) is 2.30. The van der Waals surface area contributed by atoms with Gasteiger partial charge in [0.15, 0.2) is 0 Å². The van der Waals surface area contributed by atoms with Crippen LogP contribution in [0.15, 0.2) is 12.1 Å². The van der Waals surface area contributed by atoms with Crippen LogP contribution in [-0.2, 0) is 12.8 Å². The van der Waals surface area contributed by atoms with Gasteiger partial charge in [0, 0.05) is 6.07 Å². The average molecular weight is 180 g/mol. The molecule has 0 aliphatic carbocycles. The van der Waals surface area contributed by atoms with Gasteiger partial charge >= 0.3 is 0 Å². The normalized spacial score (nSPS) is 14.9. The first-order valence-corrected chi connectivity index (χ1v) is 4.75. The molecular weight excluding hydrogens is 167 g/mol. The highest BCUT2D eigenvalue weighted by Crippen LogP contribution is 2.29. The Morgan fingerprint density at radius 3 is 3.08 bits per heavy atom. The van der Waals surface area contributed by atoms with Gasteiger partial charge in [-0.2, -0.15) is 0 Å². The molecule has 0 N–H and O–H groups in total. The average Bonchev–Trinajstić information content (AvgIpc) is 2.16. The molecule has 1 heterocycles. The summed E-state index contributed by atoms with van der Waals surface area (Å²) < 4.78 is 18.5. The summed E-state index contributed by atoms with van der Waals surface area (Å²) in [6.07, 6.45) is 2.95. The number of halogens is 1. The predicted molar refractivity (Wildman–Crippen MR) is 49.6 cm³/mol. The molecule has 1 nitrogen and oxygen atoms in total. The van der Waals surface area contributed by atoms with Crippen molar-refractivity contribution in [1.29, 1.82) is 0 Å². The van der Waals surface area contributed by atoms with E-state index in [0.717, 1.165) is 37.2 Å². The van der Waals surface area contributed by atoms with Crippen LogP contribution in [0.1, 0.15) is 24.5 Å². The summed E-state index contributed by atoms with van der Waals surface area (Å²) in [5.74, 6) is 0.570. The zero-order chi connectivity index (χ0) is 9.26. The standard InChI is InChI=1S/C11H13FO/c1-2-8-6-9(12)7-11-10(8)4-3-5-13-11/h6-7H,2-5H2,1H3. The van der Waals surface area contributed by atoms with Crippen LogP contribution < -0.4 is 4.74 Å². The predicted octanol–water partition coefficient (Wildman–Crippen LogP) is 2.71. The molecule has 0 radical (unpaired) electrons. The van der Waals surface area contributed by atoms with Crippen LogP contribution in [0.4, 0.5) is 4.39 Å². The molecule has 0 unspecified atom stereocenters. The van der Waals surface area contributed by atoms with Crippen LogP contribution in [0.5, 0.6) is 5.75 Å². The molecular formula is C11H13FO. The van der Waals surface area contributed by atoms with Gasteiger partial charge < -0.3 is 4.74 Å². The highest BCUT2D eigenvalue weighted by atomic mass is 19.1. The first-order chi connectivity index (χ1) is 6.31. The van der Waals surface area contributed by atoms with Crippen LogP contribution in [0.2, 0.25) is 0 Å². The maximum absolute atomic E-state index is 13.1. The number of aryl methyl sites for hydroxylation is 1. The molecule has 2 heteroatoms. The second kappa shape index (κ2) is 3.36. The van der Waals surface area contributed by atoms with Crippen molar-refractivity contribution in [3.63, 3.8) is 0 Å². The zero-order valence-electron chi connectivity index (χ0n) is 7.77. The third-order valence-electron chi connectivity index (χ3n) is 2.48. The third kappa shape index (κ3) is 1.53. The van der Waals surface area contributed by atoms with Gasteiger partial charge in [-0.1, -0.05) is 6.92 Å². The molecule has 0 saturated carbocycles. The number of fused-ring (bicyclic) bond motifs is 1. The zero-order valence-corrected chi connectivity index (χ0v) is 7.77. The Morgan fingerprint density at radius 2 is 2.31 bits per heavy atom. The van der Waals surface area contributed by atoms with E-state index in [-0.39, 0.29) is 5.82 Å². The number of rotatable bonds is 1. The van der Waals surface area contributed by atoms with E-state index < -0.39 is 0 Å². The fourth-order valence-corrected chi connectivity index (χ4v) is 1.82. The number of hydrogen-bond acceptors (Lipinski definition) is 1. The van der Waals surface area contributed by atoms with E-state index in [1.807, 2.05) is 6.92 Å². The lowest BCUT2D eigenvalue weighted by atomic mass is 9.98. The molecule has 2 rings (SSSR count). The Balaban J connectivity index is 2.50. The topological polar surface area (TPSA) is 9.23 Å². The molecule has 0 amide bonds. The number of hydrogen-bond donors (Lipinski definition) is 0. The molecule has 1 aromatic carbocycles. The Bertz CT molecular complexity index is 303. The van der Waals surface area contributed by atoms with Crippen LogP contribution in [-0.4, -0.2) is 6.61 Å².